The van der Waals surface area contributed by atoms with Crippen molar-refractivity contribution in [2.45, 2.75) is 27.2 Å². The number of aromatic amines is 1. The summed E-state index contributed by atoms with van der Waals surface area (Å²) in [6.07, 6.45) is 0.706. The summed E-state index contributed by atoms with van der Waals surface area (Å²) in [5.74, 6) is 0.572. The van der Waals surface area contributed by atoms with E-state index in [0.29, 0.717) is 22.6 Å². The Balaban J connectivity index is 2.57. The Morgan fingerprint density at radius 2 is 2.10 bits per heavy atom. The highest BCUT2D eigenvalue weighted by molar-refractivity contribution is 9.10. The van der Waals surface area contributed by atoms with Gasteiger partial charge in [0.1, 0.15) is 16.1 Å². The summed E-state index contributed by atoms with van der Waals surface area (Å²) in [5.41, 5.74) is 1.99. The van der Waals surface area contributed by atoms with Crippen molar-refractivity contribution in [3.63, 3.8) is 0 Å². The van der Waals surface area contributed by atoms with Crippen LogP contribution in [0.15, 0.2) is 27.5 Å². The lowest BCUT2D eigenvalue weighted by atomic mass is 10.1. The summed E-state index contributed by atoms with van der Waals surface area (Å²) in [6, 6.07) is 4.43. The normalized spacial score (nSPS) is 11.1. The molecule has 5 heteroatoms. The smallest absolute Gasteiger partial charge is 0.265 e. The van der Waals surface area contributed by atoms with Crippen LogP contribution >= 0.6 is 15.9 Å². The van der Waals surface area contributed by atoms with Gasteiger partial charge in [-0.1, -0.05) is 13.8 Å². The van der Waals surface area contributed by atoms with E-state index in [4.69, 9.17) is 0 Å². The molecular formula is C15H16BrFN2O. The van der Waals surface area contributed by atoms with Crippen LogP contribution in [0.2, 0.25) is 0 Å². The van der Waals surface area contributed by atoms with Gasteiger partial charge in [0.15, 0.2) is 0 Å². The van der Waals surface area contributed by atoms with Crippen LogP contribution in [-0.4, -0.2) is 9.97 Å². The van der Waals surface area contributed by atoms with Gasteiger partial charge < -0.3 is 4.98 Å². The zero-order valence-corrected chi connectivity index (χ0v) is 13.2. The van der Waals surface area contributed by atoms with Crippen LogP contribution in [0.1, 0.15) is 25.1 Å². The molecule has 0 aliphatic carbocycles. The summed E-state index contributed by atoms with van der Waals surface area (Å²) in [7, 11) is 0. The molecule has 0 radical (unpaired) electrons. The highest BCUT2D eigenvalue weighted by atomic mass is 79.9. The molecule has 1 aromatic heterocycles. The van der Waals surface area contributed by atoms with E-state index in [0.717, 1.165) is 16.8 Å². The number of hydrogen-bond donors (Lipinski definition) is 1. The molecule has 0 saturated heterocycles. The van der Waals surface area contributed by atoms with Crippen molar-refractivity contribution in [2.24, 2.45) is 5.92 Å². The predicted octanol–water partition coefficient (Wildman–Crippen LogP) is 3.85. The molecule has 0 bridgehead atoms. The standard InChI is InChI=1S/C15H16BrFN2O/c1-8(2)6-12-13(16)15(20)19-14(18-12)11-5-4-10(17)7-9(11)3/h4-5,7-8H,6H2,1-3H3,(H,18,19,20). The number of nitrogens with one attached hydrogen (secondary N) is 1. The third-order valence-corrected chi connectivity index (χ3v) is 3.79. The number of hydrogen-bond acceptors (Lipinski definition) is 2. The molecule has 0 atom stereocenters. The highest BCUT2D eigenvalue weighted by Crippen LogP contribution is 2.22. The molecule has 0 fully saturated rings. The topological polar surface area (TPSA) is 45.8 Å². The van der Waals surface area contributed by atoms with Crippen molar-refractivity contribution in [3.8, 4) is 11.4 Å². The number of nitrogens with zero attached hydrogens (tertiary/aromatic N) is 1. The van der Waals surface area contributed by atoms with Crippen LogP contribution in [0.25, 0.3) is 11.4 Å². The maximum atomic E-state index is 13.2. The molecule has 0 unspecified atom stereocenters. The van der Waals surface area contributed by atoms with Crippen molar-refractivity contribution in [3.05, 3.63) is 50.1 Å². The number of halogens is 2. The van der Waals surface area contributed by atoms with Gasteiger partial charge in [0.05, 0.1) is 5.69 Å². The van der Waals surface area contributed by atoms with Gasteiger partial charge in [0, 0.05) is 5.56 Å². The second kappa shape index (κ2) is 5.87. The van der Waals surface area contributed by atoms with E-state index >= 15 is 0 Å². The summed E-state index contributed by atoms with van der Waals surface area (Å²) >= 11 is 3.28. The quantitative estimate of drug-likeness (QED) is 0.923. The van der Waals surface area contributed by atoms with E-state index in [1.165, 1.54) is 12.1 Å². The molecule has 0 aliphatic heterocycles. The average Bonchev–Trinajstić information content (AvgIpc) is 2.34. The second-order valence-corrected chi connectivity index (χ2v) is 6.03. The Bertz CT molecular complexity index is 695. The van der Waals surface area contributed by atoms with Gasteiger partial charge in [0.25, 0.3) is 5.56 Å². The predicted molar refractivity (Wildman–Crippen MR) is 81.2 cm³/mol. The lowest BCUT2D eigenvalue weighted by molar-refractivity contribution is 0.626. The summed E-state index contributed by atoms with van der Waals surface area (Å²) in [6.45, 7) is 5.93. The van der Waals surface area contributed by atoms with Crippen molar-refractivity contribution in [1.29, 1.82) is 0 Å². The maximum Gasteiger partial charge on any atom is 0.265 e. The molecule has 106 valence electrons. The van der Waals surface area contributed by atoms with Gasteiger partial charge in [-0.25, -0.2) is 9.37 Å². The SMILES string of the molecule is Cc1cc(F)ccc1-c1nc(CC(C)C)c(Br)c(=O)[nH]1. The third-order valence-electron chi connectivity index (χ3n) is 2.98. The lowest BCUT2D eigenvalue weighted by Gasteiger charge is -2.10. The van der Waals surface area contributed by atoms with Gasteiger partial charge in [-0.15, -0.1) is 0 Å². The monoisotopic (exact) mass is 338 g/mol. The fourth-order valence-electron chi connectivity index (χ4n) is 2.05. The molecule has 0 spiro atoms. The highest BCUT2D eigenvalue weighted by Gasteiger charge is 2.13. The first-order chi connectivity index (χ1) is 9.38. The van der Waals surface area contributed by atoms with Gasteiger partial charge in [-0.05, 0) is 59.0 Å². The molecule has 20 heavy (non-hydrogen) atoms. The van der Waals surface area contributed by atoms with Crippen molar-refractivity contribution in [1.82, 2.24) is 9.97 Å². The Morgan fingerprint density at radius 1 is 1.40 bits per heavy atom. The Labute approximate surface area is 125 Å². The molecule has 1 aromatic carbocycles. The molecule has 0 aliphatic rings. The molecular weight excluding hydrogens is 323 g/mol. The largest absolute Gasteiger partial charge is 0.306 e. The molecule has 0 amide bonds. The Kier molecular flexibility index (Phi) is 4.38. The fourth-order valence-corrected chi connectivity index (χ4v) is 2.40. The van der Waals surface area contributed by atoms with Crippen molar-refractivity contribution < 1.29 is 4.39 Å². The van der Waals surface area contributed by atoms with E-state index in [1.54, 1.807) is 13.0 Å². The number of aryl methyl sites for hydroxylation is 1. The van der Waals surface area contributed by atoms with Crippen LogP contribution in [0.3, 0.4) is 0 Å². The van der Waals surface area contributed by atoms with Crippen LogP contribution in [-0.2, 0) is 6.42 Å². The minimum Gasteiger partial charge on any atom is -0.306 e. The fraction of sp³-hybridized carbons (Fsp3) is 0.333. The zero-order valence-electron chi connectivity index (χ0n) is 11.6. The first-order valence-electron chi connectivity index (χ1n) is 6.43. The summed E-state index contributed by atoms with van der Waals surface area (Å²) < 4.78 is 13.6. The molecule has 3 nitrogen and oxygen atoms in total. The van der Waals surface area contributed by atoms with Gasteiger partial charge in [0.2, 0.25) is 0 Å². The van der Waals surface area contributed by atoms with E-state index < -0.39 is 0 Å². The Hall–Kier alpha value is -1.49. The minimum absolute atomic E-state index is 0.214. The van der Waals surface area contributed by atoms with E-state index in [2.05, 4.69) is 39.7 Å². The van der Waals surface area contributed by atoms with Gasteiger partial charge in [-0.2, -0.15) is 0 Å². The summed E-state index contributed by atoms with van der Waals surface area (Å²) in [4.78, 5) is 19.2. The second-order valence-electron chi connectivity index (χ2n) is 5.23. The third kappa shape index (κ3) is 3.15. The van der Waals surface area contributed by atoms with E-state index in [-0.39, 0.29) is 11.4 Å². The van der Waals surface area contributed by atoms with Crippen LogP contribution in [0.5, 0.6) is 0 Å². The van der Waals surface area contributed by atoms with Gasteiger partial charge in [-0.3, -0.25) is 4.79 Å². The first-order valence-corrected chi connectivity index (χ1v) is 7.23. The van der Waals surface area contributed by atoms with E-state index in [9.17, 15) is 9.18 Å². The molecule has 1 N–H and O–H groups in total. The van der Waals surface area contributed by atoms with Crippen LogP contribution in [0, 0.1) is 18.7 Å². The molecule has 1 heterocycles. The van der Waals surface area contributed by atoms with E-state index in [1.807, 2.05) is 0 Å². The average molecular weight is 339 g/mol. The van der Waals surface area contributed by atoms with Crippen LogP contribution < -0.4 is 5.56 Å². The number of H-pyrrole nitrogens is 1. The van der Waals surface area contributed by atoms with Crippen LogP contribution in [0.4, 0.5) is 4.39 Å². The molecule has 2 rings (SSSR count). The van der Waals surface area contributed by atoms with Crippen molar-refractivity contribution >= 4 is 15.9 Å². The summed E-state index contributed by atoms with van der Waals surface area (Å²) in [5, 5.41) is 0. The Morgan fingerprint density at radius 3 is 2.70 bits per heavy atom. The lowest BCUT2D eigenvalue weighted by Crippen LogP contribution is -2.15. The minimum atomic E-state index is -0.298. The van der Waals surface area contributed by atoms with Gasteiger partial charge >= 0.3 is 0 Å². The first kappa shape index (κ1) is 14.9. The zero-order chi connectivity index (χ0) is 14.9. The van der Waals surface area contributed by atoms with Crippen molar-refractivity contribution in [2.75, 3.05) is 0 Å². The molecule has 2 aromatic rings. The number of rotatable bonds is 3. The number of aromatic nitrogens is 2. The number of benzene rings is 1. The molecule has 0 saturated carbocycles. The maximum absolute atomic E-state index is 13.2.